The molecular formula is C37H39N7. The summed E-state index contributed by atoms with van der Waals surface area (Å²) in [4.78, 5) is 4.36. The number of aromatic nitrogens is 5. The van der Waals surface area contributed by atoms with Crippen molar-refractivity contribution in [1.29, 1.82) is 0 Å². The Kier molecular flexibility index (Phi) is 7.42. The van der Waals surface area contributed by atoms with E-state index >= 15 is 0 Å². The van der Waals surface area contributed by atoms with Gasteiger partial charge in [-0.05, 0) is 88.4 Å². The van der Waals surface area contributed by atoms with E-state index in [1.54, 1.807) is 6.33 Å². The minimum atomic E-state index is 0.153. The van der Waals surface area contributed by atoms with Crippen LogP contribution in [0.5, 0.6) is 0 Å². The lowest BCUT2D eigenvalue weighted by Gasteiger charge is -2.46. The number of piperidine rings is 2. The summed E-state index contributed by atoms with van der Waals surface area (Å²) in [6, 6.07) is 33.6. The fourth-order valence-corrected chi connectivity index (χ4v) is 7.88. The van der Waals surface area contributed by atoms with Gasteiger partial charge in [-0.15, -0.1) is 0 Å². The highest BCUT2D eigenvalue weighted by Gasteiger charge is 2.36. The lowest BCUT2D eigenvalue weighted by atomic mass is 9.85. The molecule has 7 heteroatoms. The predicted molar refractivity (Wildman–Crippen MR) is 175 cm³/mol. The number of hydrogen-bond acceptors (Lipinski definition) is 5. The summed E-state index contributed by atoms with van der Waals surface area (Å²) in [5, 5.41) is 19.9. The summed E-state index contributed by atoms with van der Waals surface area (Å²) >= 11 is 0. The van der Waals surface area contributed by atoms with Gasteiger partial charge in [-0.2, -0.15) is 10.2 Å². The zero-order valence-corrected chi connectivity index (χ0v) is 25.1. The van der Waals surface area contributed by atoms with Gasteiger partial charge >= 0.3 is 0 Å². The Bertz CT molecular complexity index is 1690. The van der Waals surface area contributed by atoms with Gasteiger partial charge in [0, 0.05) is 38.6 Å². The minimum Gasteiger partial charge on any atom is -0.265 e. The van der Waals surface area contributed by atoms with E-state index in [2.05, 4.69) is 127 Å². The van der Waals surface area contributed by atoms with E-state index in [0.29, 0.717) is 11.8 Å². The molecule has 0 N–H and O–H groups in total. The van der Waals surface area contributed by atoms with Crippen molar-refractivity contribution in [2.45, 2.75) is 37.8 Å². The van der Waals surface area contributed by atoms with E-state index in [4.69, 9.17) is 5.10 Å². The highest BCUT2D eigenvalue weighted by Crippen LogP contribution is 2.38. The first-order chi connectivity index (χ1) is 21.8. The van der Waals surface area contributed by atoms with Crippen molar-refractivity contribution in [1.82, 2.24) is 34.6 Å². The molecular weight excluding hydrogens is 542 g/mol. The monoisotopic (exact) mass is 581 g/mol. The third kappa shape index (κ3) is 5.31. The van der Waals surface area contributed by atoms with Crippen LogP contribution >= 0.6 is 0 Å². The zero-order chi connectivity index (χ0) is 29.3. The molecule has 2 aliphatic heterocycles. The van der Waals surface area contributed by atoms with Crippen LogP contribution in [0, 0.1) is 11.8 Å². The van der Waals surface area contributed by atoms with Crippen molar-refractivity contribution in [2.75, 3.05) is 26.2 Å². The van der Waals surface area contributed by atoms with Crippen LogP contribution < -0.4 is 0 Å². The average molecular weight is 582 g/mol. The SMILES string of the molecule is c1ccc2cc(C([C@H]3CCCN(N4CCC[C@H](C(c5ccc6ccccc6c5)n5cncn5)C4)C3)n3cccn3)ccc2c1. The molecule has 0 amide bonds. The fourth-order valence-electron chi connectivity index (χ4n) is 7.88. The fraction of sp³-hybridized carbons (Fsp3) is 0.324. The molecule has 4 aromatic carbocycles. The van der Waals surface area contributed by atoms with Crippen LogP contribution in [0.3, 0.4) is 0 Å². The topological polar surface area (TPSA) is 55.0 Å². The van der Waals surface area contributed by atoms with Crippen LogP contribution in [-0.2, 0) is 0 Å². The normalized spacial score (nSPS) is 21.5. The Balaban J connectivity index is 1.06. The van der Waals surface area contributed by atoms with Gasteiger partial charge in [0.05, 0.1) is 12.1 Å². The summed E-state index contributed by atoms with van der Waals surface area (Å²) in [6.45, 7) is 4.27. The first kappa shape index (κ1) is 27.2. The van der Waals surface area contributed by atoms with Gasteiger partial charge in [0.2, 0.25) is 0 Å². The molecule has 0 aliphatic carbocycles. The van der Waals surface area contributed by atoms with Crippen molar-refractivity contribution in [3.05, 3.63) is 127 Å². The highest BCUT2D eigenvalue weighted by molar-refractivity contribution is 5.83. The van der Waals surface area contributed by atoms with Crippen LogP contribution in [0.25, 0.3) is 21.5 Å². The molecule has 0 spiro atoms. The lowest BCUT2D eigenvalue weighted by Crippen LogP contribution is -2.53. The van der Waals surface area contributed by atoms with Crippen molar-refractivity contribution < 1.29 is 0 Å². The quantitative estimate of drug-likeness (QED) is 0.203. The van der Waals surface area contributed by atoms with Crippen molar-refractivity contribution in [3.63, 3.8) is 0 Å². The summed E-state index contributed by atoms with van der Waals surface area (Å²) in [6.07, 6.45) is 12.4. The van der Waals surface area contributed by atoms with Gasteiger partial charge < -0.3 is 0 Å². The molecule has 0 radical (unpaired) electrons. The summed E-state index contributed by atoms with van der Waals surface area (Å²) < 4.78 is 4.28. The number of hydrogen-bond donors (Lipinski definition) is 0. The number of hydrazine groups is 1. The first-order valence-electron chi connectivity index (χ1n) is 16.1. The molecule has 2 aliphatic rings. The van der Waals surface area contributed by atoms with Crippen molar-refractivity contribution >= 4 is 21.5 Å². The Morgan fingerprint density at radius 3 is 1.68 bits per heavy atom. The van der Waals surface area contributed by atoms with Crippen LogP contribution in [0.15, 0.2) is 116 Å². The second-order valence-electron chi connectivity index (χ2n) is 12.6. The van der Waals surface area contributed by atoms with E-state index in [-0.39, 0.29) is 12.1 Å². The third-order valence-corrected chi connectivity index (χ3v) is 9.93. The van der Waals surface area contributed by atoms with Crippen molar-refractivity contribution in [3.8, 4) is 0 Å². The highest BCUT2D eigenvalue weighted by atomic mass is 15.6. The second kappa shape index (κ2) is 12.0. The van der Waals surface area contributed by atoms with E-state index in [0.717, 1.165) is 26.2 Å². The van der Waals surface area contributed by atoms with Gasteiger partial charge in [-0.3, -0.25) is 4.68 Å². The predicted octanol–water partition coefficient (Wildman–Crippen LogP) is 7.00. The smallest absolute Gasteiger partial charge is 0.137 e. The van der Waals surface area contributed by atoms with Gasteiger partial charge in [0.1, 0.15) is 12.7 Å². The van der Waals surface area contributed by atoms with Gasteiger partial charge in [0.25, 0.3) is 0 Å². The Labute approximate surface area is 258 Å². The molecule has 6 aromatic rings. The standard InChI is InChI=1S/C37H39N7/c1-3-10-30-22-32(16-14-28(30)8-1)36(43-21-7-18-39-43)34-12-5-19-41(24-34)42-20-6-13-35(25-42)37(44-27-38-26-40-44)33-17-15-29-9-2-4-11-31(29)23-33/h1-4,7-11,14-18,21-23,26-27,34-37H,5-6,12-13,19-20,24-25H2/t34-,35-,36?,37?/m0/s1. The molecule has 4 heterocycles. The maximum absolute atomic E-state index is 4.77. The van der Waals surface area contributed by atoms with Gasteiger partial charge in [-0.1, -0.05) is 72.8 Å². The molecule has 2 fully saturated rings. The van der Waals surface area contributed by atoms with E-state index in [1.165, 1.54) is 58.4 Å². The van der Waals surface area contributed by atoms with E-state index < -0.39 is 0 Å². The molecule has 222 valence electrons. The van der Waals surface area contributed by atoms with Crippen LogP contribution in [-0.4, -0.2) is 60.7 Å². The number of rotatable bonds is 7. The first-order valence-corrected chi connectivity index (χ1v) is 16.1. The van der Waals surface area contributed by atoms with Crippen LogP contribution in [0.2, 0.25) is 0 Å². The molecule has 0 bridgehead atoms. The molecule has 7 nitrogen and oxygen atoms in total. The minimum absolute atomic E-state index is 0.153. The molecule has 2 unspecified atom stereocenters. The average Bonchev–Trinajstić information content (AvgIpc) is 3.81. The number of benzene rings is 4. The lowest BCUT2D eigenvalue weighted by molar-refractivity contribution is -0.0878. The Hall–Kier alpha value is -4.33. The molecule has 44 heavy (non-hydrogen) atoms. The second-order valence-corrected chi connectivity index (χ2v) is 12.6. The van der Waals surface area contributed by atoms with E-state index in [9.17, 15) is 0 Å². The molecule has 2 aromatic heterocycles. The number of nitrogens with zero attached hydrogens (tertiary/aromatic N) is 7. The molecule has 8 rings (SSSR count). The third-order valence-electron chi connectivity index (χ3n) is 9.93. The maximum atomic E-state index is 4.77. The summed E-state index contributed by atoms with van der Waals surface area (Å²) in [7, 11) is 0. The zero-order valence-electron chi connectivity index (χ0n) is 25.1. The number of fused-ring (bicyclic) bond motifs is 2. The maximum Gasteiger partial charge on any atom is 0.137 e. The summed E-state index contributed by atoms with van der Waals surface area (Å²) in [5.74, 6) is 0.908. The van der Waals surface area contributed by atoms with Crippen LogP contribution in [0.4, 0.5) is 0 Å². The van der Waals surface area contributed by atoms with Gasteiger partial charge in [0.15, 0.2) is 0 Å². The largest absolute Gasteiger partial charge is 0.265 e. The van der Waals surface area contributed by atoms with Gasteiger partial charge in [-0.25, -0.2) is 19.7 Å². The van der Waals surface area contributed by atoms with E-state index in [1.807, 2.05) is 12.5 Å². The Morgan fingerprint density at radius 1 is 0.591 bits per heavy atom. The molecule has 0 saturated carbocycles. The van der Waals surface area contributed by atoms with Crippen molar-refractivity contribution in [2.24, 2.45) is 11.8 Å². The Morgan fingerprint density at radius 2 is 1.16 bits per heavy atom. The molecule has 4 atom stereocenters. The van der Waals surface area contributed by atoms with Crippen LogP contribution in [0.1, 0.15) is 48.9 Å². The molecule has 2 saturated heterocycles. The summed E-state index contributed by atoms with van der Waals surface area (Å²) in [5.41, 5.74) is 2.66.